The molecular weight excluding hydrogens is 436 g/mol. The van der Waals surface area contributed by atoms with Gasteiger partial charge in [-0.05, 0) is 36.8 Å². The first-order valence-electron chi connectivity index (χ1n) is 10.7. The molecule has 2 aromatic heterocycles. The number of rotatable bonds is 10. The predicted molar refractivity (Wildman–Crippen MR) is 122 cm³/mol. The Morgan fingerprint density at radius 3 is 2.61 bits per heavy atom. The molecule has 170 valence electrons. The summed E-state index contributed by atoms with van der Waals surface area (Å²) in [6.45, 7) is 4.11. The van der Waals surface area contributed by atoms with Gasteiger partial charge in [0.2, 0.25) is 12.2 Å². The number of hydrogen-bond acceptors (Lipinski definition) is 7. The van der Waals surface area contributed by atoms with E-state index >= 15 is 0 Å². The molecule has 2 aromatic rings. The van der Waals surface area contributed by atoms with E-state index in [1.807, 2.05) is 12.1 Å². The number of carbonyl (C=O) groups excluding carboxylic acids is 2. The van der Waals surface area contributed by atoms with Crippen molar-refractivity contribution in [3.63, 3.8) is 0 Å². The quantitative estimate of drug-likeness (QED) is 0.211. The van der Waals surface area contributed by atoms with Gasteiger partial charge in [0.15, 0.2) is 0 Å². The lowest BCUT2D eigenvalue weighted by Gasteiger charge is -2.34. The topological polar surface area (TPSA) is 89.2 Å². The molecule has 0 aromatic carbocycles. The van der Waals surface area contributed by atoms with Crippen molar-refractivity contribution in [3.8, 4) is 0 Å². The van der Waals surface area contributed by atoms with Crippen molar-refractivity contribution in [2.24, 2.45) is 5.92 Å². The Hall–Kier alpha value is -1.93. The monoisotopic (exact) mass is 466 g/mol. The molecule has 0 radical (unpaired) electrons. The molecule has 0 spiro atoms. The van der Waals surface area contributed by atoms with Gasteiger partial charge in [0.25, 0.3) is 11.1 Å². The summed E-state index contributed by atoms with van der Waals surface area (Å²) in [7, 11) is 0. The number of ketones is 1. The van der Waals surface area contributed by atoms with Crippen molar-refractivity contribution in [3.05, 3.63) is 36.0 Å². The van der Waals surface area contributed by atoms with Crippen molar-refractivity contribution >= 4 is 36.4 Å². The van der Waals surface area contributed by atoms with Gasteiger partial charge in [-0.2, -0.15) is 0 Å². The lowest BCUT2D eigenvalue weighted by molar-refractivity contribution is -0.122. The molecule has 1 amide bonds. The zero-order valence-electron chi connectivity index (χ0n) is 18.1. The van der Waals surface area contributed by atoms with Gasteiger partial charge < -0.3 is 9.32 Å². The lowest BCUT2D eigenvalue weighted by atomic mass is 9.95. The molecule has 0 unspecified atom stereocenters. The first-order chi connectivity index (χ1) is 14.6. The molecule has 0 bridgehead atoms. The van der Waals surface area contributed by atoms with Gasteiger partial charge in [0.05, 0.1) is 0 Å². The normalized spacial score (nSPS) is 15.7. The first-order valence-corrected chi connectivity index (χ1v) is 11.7. The molecule has 9 heteroatoms. The maximum atomic E-state index is 13.3. The van der Waals surface area contributed by atoms with Crippen LogP contribution >= 0.6 is 24.2 Å². The Bertz CT molecular complexity index is 810. The van der Waals surface area contributed by atoms with Crippen LogP contribution in [0, 0.1) is 5.92 Å². The van der Waals surface area contributed by atoms with Gasteiger partial charge in [0.1, 0.15) is 6.04 Å². The number of Topliss-reactive ketones (excluding diaryl/α,β-unsaturated/α-hetero) is 1. The third kappa shape index (κ3) is 7.31. The van der Waals surface area contributed by atoms with Gasteiger partial charge in [-0.25, -0.2) is 0 Å². The van der Waals surface area contributed by atoms with Crippen LogP contribution in [-0.4, -0.2) is 44.4 Å². The molecule has 3 rings (SSSR count). The van der Waals surface area contributed by atoms with E-state index in [0.717, 1.165) is 37.7 Å². The highest BCUT2D eigenvalue weighted by Crippen LogP contribution is 2.27. The summed E-state index contributed by atoms with van der Waals surface area (Å²) < 4.78 is 5.66. The fourth-order valence-corrected chi connectivity index (χ4v) is 4.62. The van der Waals surface area contributed by atoms with Crippen molar-refractivity contribution in [1.82, 2.24) is 20.1 Å². The number of amides is 1. The van der Waals surface area contributed by atoms with Crippen molar-refractivity contribution in [1.29, 1.82) is 0 Å². The molecule has 1 aliphatic rings. The summed E-state index contributed by atoms with van der Waals surface area (Å²) in [5.41, 5.74) is 1.03. The van der Waals surface area contributed by atoms with E-state index in [1.54, 1.807) is 17.3 Å². The molecule has 1 aliphatic carbocycles. The maximum absolute atomic E-state index is 13.3. The number of aromatic nitrogens is 3. The van der Waals surface area contributed by atoms with E-state index in [1.165, 1.54) is 24.6 Å². The summed E-state index contributed by atoms with van der Waals surface area (Å²) in [6.07, 6.45) is 11.4. The SMILES string of the molecule is CC(C)C[C@@H](C(=O)c1nnc(SCc2cccnc2)o1)N(C=O)C1CCCCCC1.Cl. The largest absolute Gasteiger partial charge is 0.408 e. The summed E-state index contributed by atoms with van der Waals surface area (Å²) >= 11 is 1.37. The van der Waals surface area contributed by atoms with Gasteiger partial charge in [-0.1, -0.05) is 57.4 Å². The molecule has 7 nitrogen and oxygen atoms in total. The Kier molecular flexibility index (Phi) is 10.5. The highest BCUT2D eigenvalue weighted by molar-refractivity contribution is 7.98. The van der Waals surface area contributed by atoms with Crippen LogP contribution in [-0.2, 0) is 10.5 Å². The molecule has 1 fully saturated rings. The highest BCUT2D eigenvalue weighted by Gasteiger charge is 2.34. The Morgan fingerprint density at radius 1 is 1.26 bits per heavy atom. The van der Waals surface area contributed by atoms with E-state index in [2.05, 4.69) is 29.0 Å². The van der Waals surface area contributed by atoms with Crippen LogP contribution in [0.15, 0.2) is 34.2 Å². The average molecular weight is 467 g/mol. The molecule has 2 heterocycles. The van der Waals surface area contributed by atoms with E-state index in [0.29, 0.717) is 17.4 Å². The van der Waals surface area contributed by atoms with Gasteiger partial charge in [0, 0.05) is 24.2 Å². The first kappa shape index (κ1) is 25.3. The summed E-state index contributed by atoms with van der Waals surface area (Å²) in [5, 5.41) is 8.36. The van der Waals surface area contributed by atoms with E-state index in [-0.39, 0.29) is 36.0 Å². The van der Waals surface area contributed by atoms with Crippen LogP contribution in [0.5, 0.6) is 0 Å². The third-order valence-corrected chi connectivity index (χ3v) is 6.32. The highest BCUT2D eigenvalue weighted by atomic mass is 35.5. The van der Waals surface area contributed by atoms with Crippen LogP contribution in [0.4, 0.5) is 0 Å². The number of nitrogens with zero attached hydrogens (tertiary/aromatic N) is 4. The van der Waals surface area contributed by atoms with Crippen LogP contribution in [0.3, 0.4) is 0 Å². The zero-order chi connectivity index (χ0) is 21.3. The number of carbonyl (C=O) groups is 2. The summed E-state index contributed by atoms with van der Waals surface area (Å²) in [4.78, 5) is 31.1. The van der Waals surface area contributed by atoms with Crippen LogP contribution in [0.25, 0.3) is 0 Å². The second-order valence-corrected chi connectivity index (χ2v) is 9.16. The fraction of sp³-hybridized carbons (Fsp3) is 0.591. The van der Waals surface area contributed by atoms with Crippen LogP contribution in [0.2, 0.25) is 0 Å². The smallest absolute Gasteiger partial charge is 0.286 e. The van der Waals surface area contributed by atoms with Crippen molar-refractivity contribution < 1.29 is 14.0 Å². The summed E-state index contributed by atoms with van der Waals surface area (Å²) in [5.74, 6) is 0.604. The minimum atomic E-state index is -0.567. The Balaban J connectivity index is 0.00000341. The van der Waals surface area contributed by atoms with Gasteiger partial charge in [-0.3, -0.25) is 14.6 Å². The minimum absolute atomic E-state index is 0. The van der Waals surface area contributed by atoms with Crippen molar-refractivity contribution in [2.45, 2.75) is 81.9 Å². The Morgan fingerprint density at radius 2 is 2.00 bits per heavy atom. The van der Waals surface area contributed by atoms with Crippen LogP contribution < -0.4 is 0 Å². The van der Waals surface area contributed by atoms with E-state index < -0.39 is 6.04 Å². The minimum Gasteiger partial charge on any atom is -0.408 e. The van der Waals surface area contributed by atoms with Gasteiger partial charge in [-0.15, -0.1) is 22.6 Å². The second kappa shape index (κ2) is 12.8. The molecule has 0 N–H and O–H groups in total. The standard InChI is InChI=1S/C22H30N4O3S.ClH/c1-16(2)12-19(26(15-27)18-9-5-3-4-6-10-18)20(28)21-24-25-22(29-21)30-14-17-8-7-11-23-13-17;/h7-8,11,13,15-16,18-19H,3-6,9-10,12,14H2,1-2H3;1H/t19-;/m0./s1. The lowest BCUT2D eigenvalue weighted by Crippen LogP contribution is -2.47. The van der Waals surface area contributed by atoms with Crippen molar-refractivity contribution in [2.75, 3.05) is 0 Å². The van der Waals surface area contributed by atoms with Gasteiger partial charge >= 0.3 is 0 Å². The second-order valence-electron chi connectivity index (χ2n) is 8.23. The fourth-order valence-electron chi connectivity index (χ4n) is 3.92. The average Bonchev–Trinajstić information content (AvgIpc) is 3.07. The molecule has 1 atom stereocenters. The number of halogens is 1. The summed E-state index contributed by atoms with van der Waals surface area (Å²) in [6, 6.07) is 3.37. The number of hydrogen-bond donors (Lipinski definition) is 0. The maximum Gasteiger partial charge on any atom is 0.286 e. The molecule has 0 saturated heterocycles. The third-order valence-electron chi connectivity index (χ3n) is 5.43. The molecule has 1 saturated carbocycles. The predicted octanol–water partition coefficient (Wildman–Crippen LogP) is 4.96. The van der Waals surface area contributed by atoms with E-state index in [4.69, 9.17) is 4.42 Å². The number of pyridine rings is 1. The Labute approximate surface area is 194 Å². The zero-order valence-corrected chi connectivity index (χ0v) is 19.7. The van der Waals surface area contributed by atoms with Crippen LogP contribution in [0.1, 0.15) is 75.0 Å². The molecule has 31 heavy (non-hydrogen) atoms. The van der Waals surface area contributed by atoms with E-state index in [9.17, 15) is 9.59 Å². The number of thioether (sulfide) groups is 1. The molecular formula is C22H31ClN4O3S. The molecule has 0 aliphatic heterocycles.